The first-order valence-corrected chi connectivity index (χ1v) is 7.84. The van der Waals surface area contributed by atoms with Crippen LogP contribution in [0.3, 0.4) is 0 Å². The Balaban J connectivity index is 2.15. The highest BCUT2D eigenvalue weighted by molar-refractivity contribution is 6.14. The Morgan fingerprint density at radius 2 is 1.92 bits per heavy atom. The van der Waals surface area contributed by atoms with E-state index in [1.165, 1.54) is 17.0 Å². The van der Waals surface area contributed by atoms with Gasteiger partial charge in [-0.2, -0.15) is 0 Å². The van der Waals surface area contributed by atoms with E-state index in [9.17, 15) is 24.8 Å². The summed E-state index contributed by atoms with van der Waals surface area (Å²) in [6, 6.07) is 11.0. The lowest BCUT2D eigenvalue weighted by molar-refractivity contribution is -0.385. The summed E-state index contributed by atoms with van der Waals surface area (Å²) in [5.74, 6) is -2.03. The molecule has 7 nitrogen and oxygen atoms in total. The number of nitrogens with zero attached hydrogens (tertiary/aromatic N) is 2. The van der Waals surface area contributed by atoms with Crippen LogP contribution in [0, 0.1) is 10.1 Å². The minimum Gasteiger partial charge on any atom is -0.477 e. The predicted octanol–water partition coefficient (Wildman–Crippen LogP) is 3.27. The Bertz CT molecular complexity index is 878. The molecule has 128 valence electrons. The molecule has 7 heteroatoms. The molecule has 0 spiro atoms. The van der Waals surface area contributed by atoms with Crippen LogP contribution in [0.15, 0.2) is 42.5 Å². The summed E-state index contributed by atoms with van der Waals surface area (Å²) in [7, 11) is 0. The van der Waals surface area contributed by atoms with E-state index in [4.69, 9.17) is 0 Å². The highest BCUT2D eigenvalue weighted by Gasteiger charge is 2.34. The molecule has 0 aliphatic carbocycles. The number of anilines is 1. The Labute approximate surface area is 143 Å². The van der Waals surface area contributed by atoms with Gasteiger partial charge >= 0.3 is 5.97 Å². The van der Waals surface area contributed by atoms with Gasteiger partial charge in [-0.15, -0.1) is 0 Å². The highest BCUT2D eigenvalue weighted by Crippen LogP contribution is 2.33. The summed E-state index contributed by atoms with van der Waals surface area (Å²) in [6.45, 7) is 1.88. The molecule has 2 aromatic carbocycles. The second kappa shape index (κ2) is 6.35. The Morgan fingerprint density at radius 3 is 2.60 bits per heavy atom. The van der Waals surface area contributed by atoms with Gasteiger partial charge in [0.15, 0.2) is 0 Å². The second-order valence-electron chi connectivity index (χ2n) is 5.95. The van der Waals surface area contributed by atoms with Gasteiger partial charge in [-0.3, -0.25) is 14.9 Å². The standard InChI is InChI=1S/C18H16N2O5/c1-11-9-10-12-5-2-3-7-14(12)19(11)17(21)13-6-4-8-15(20(24)25)16(13)18(22)23/h2-8,11H,9-10H2,1H3,(H,22,23)/t11-/m0/s1. The van der Waals surface area contributed by atoms with Crippen LogP contribution in [0.4, 0.5) is 11.4 Å². The fourth-order valence-electron chi connectivity index (χ4n) is 3.22. The number of fused-ring (bicyclic) bond motifs is 1. The first kappa shape index (κ1) is 16.6. The molecule has 2 aromatic rings. The zero-order valence-corrected chi connectivity index (χ0v) is 13.5. The van der Waals surface area contributed by atoms with Crippen LogP contribution in [-0.2, 0) is 6.42 Å². The van der Waals surface area contributed by atoms with Gasteiger partial charge in [-0.05, 0) is 37.5 Å². The molecule has 0 radical (unpaired) electrons. The minimum atomic E-state index is -1.49. The van der Waals surface area contributed by atoms with Gasteiger partial charge in [-0.25, -0.2) is 4.79 Å². The van der Waals surface area contributed by atoms with Crippen molar-refractivity contribution in [2.24, 2.45) is 0 Å². The lowest BCUT2D eigenvalue weighted by atomic mass is 9.94. The zero-order chi connectivity index (χ0) is 18.1. The van der Waals surface area contributed by atoms with Gasteiger partial charge in [0.05, 0.1) is 10.5 Å². The molecular formula is C18H16N2O5. The third kappa shape index (κ3) is 2.84. The number of aryl methyl sites for hydroxylation is 1. The van der Waals surface area contributed by atoms with Crippen molar-refractivity contribution < 1.29 is 19.6 Å². The number of carboxylic acids is 1. The quantitative estimate of drug-likeness (QED) is 0.682. The van der Waals surface area contributed by atoms with Crippen LogP contribution in [0.2, 0.25) is 0 Å². The lowest BCUT2D eigenvalue weighted by Gasteiger charge is -2.35. The lowest BCUT2D eigenvalue weighted by Crippen LogP contribution is -2.42. The van der Waals surface area contributed by atoms with Crippen LogP contribution in [0.25, 0.3) is 0 Å². The van der Waals surface area contributed by atoms with Gasteiger partial charge in [0.2, 0.25) is 0 Å². The van der Waals surface area contributed by atoms with Crippen LogP contribution < -0.4 is 4.90 Å². The third-order valence-electron chi connectivity index (χ3n) is 4.43. The molecule has 0 unspecified atom stereocenters. The van der Waals surface area contributed by atoms with Crippen molar-refractivity contribution in [1.29, 1.82) is 0 Å². The van der Waals surface area contributed by atoms with Crippen molar-refractivity contribution in [3.63, 3.8) is 0 Å². The zero-order valence-electron chi connectivity index (χ0n) is 13.5. The Hall–Kier alpha value is -3.22. The number of aromatic carboxylic acids is 1. The highest BCUT2D eigenvalue weighted by atomic mass is 16.6. The largest absolute Gasteiger partial charge is 0.477 e. The van der Waals surface area contributed by atoms with Crippen LogP contribution in [0.1, 0.15) is 39.6 Å². The first-order valence-electron chi connectivity index (χ1n) is 7.84. The molecule has 1 atom stereocenters. The van der Waals surface area contributed by atoms with Gasteiger partial charge < -0.3 is 10.0 Å². The summed E-state index contributed by atoms with van der Waals surface area (Å²) in [5, 5.41) is 20.6. The molecule has 0 fully saturated rings. The molecule has 1 N–H and O–H groups in total. The van der Waals surface area contributed by atoms with E-state index in [0.717, 1.165) is 24.5 Å². The van der Waals surface area contributed by atoms with Gasteiger partial charge in [0.25, 0.3) is 11.6 Å². The van der Waals surface area contributed by atoms with Crippen molar-refractivity contribution in [3.05, 3.63) is 69.3 Å². The van der Waals surface area contributed by atoms with E-state index in [1.54, 1.807) is 6.07 Å². The molecule has 3 rings (SSSR count). The van der Waals surface area contributed by atoms with Gasteiger partial charge in [0.1, 0.15) is 5.56 Å². The second-order valence-corrected chi connectivity index (χ2v) is 5.95. The van der Waals surface area contributed by atoms with E-state index in [2.05, 4.69) is 0 Å². The number of para-hydroxylation sites is 1. The molecule has 25 heavy (non-hydrogen) atoms. The number of benzene rings is 2. The fraction of sp³-hybridized carbons (Fsp3) is 0.222. The average Bonchev–Trinajstić information content (AvgIpc) is 2.60. The summed E-state index contributed by atoms with van der Waals surface area (Å²) in [4.78, 5) is 36.6. The van der Waals surface area contributed by atoms with Crippen molar-refractivity contribution in [2.75, 3.05) is 4.90 Å². The molecule has 1 aliphatic rings. The topological polar surface area (TPSA) is 101 Å². The summed E-state index contributed by atoms with van der Waals surface area (Å²) < 4.78 is 0. The number of carboxylic acid groups (broad SMARTS) is 1. The maximum Gasteiger partial charge on any atom is 0.343 e. The van der Waals surface area contributed by atoms with E-state index in [0.29, 0.717) is 5.69 Å². The van der Waals surface area contributed by atoms with E-state index < -0.39 is 28.1 Å². The summed E-state index contributed by atoms with van der Waals surface area (Å²) in [5.41, 5.74) is 0.375. The number of carbonyl (C=O) groups excluding carboxylic acids is 1. The molecule has 0 saturated carbocycles. The van der Waals surface area contributed by atoms with Crippen molar-refractivity contribution in [1.82, 2.24) is 0 Å². The van der Waals surface area contributed by atoms with E-state index >= 15 is 0 Å². The number of nitro groups is 1. The molecule has 0 bridgehead atoms. The Kier molecular flexibility index (Phi) is 4.22. The van der Waals surface area contributed by atoms with Gasteiger partial charge in [-0.1, -0.05) is 24.3 Å². The number of rotatable bonds is 3. The van der Waals surface area contributed by atoms with E-state index in [-0.39, 0.29) is 11.6 Å². The summed E-state index contributed by atoms with van der Waals surface area (Å²) in [6.07, 6.45) is 1.56. The van der Waals surface area contributed by atoms with Crippen molar-refractivity contribution >= 4 is 23.3 Å². The number of hydrogen-bond donors (Lipinski definition) is 1. The molecule has 1 amide bonds. The fourth-order valence-corrected chi connectivity index (χ4v) is 3.22. The SMILES string of the molecule is C[C@H]1CCc2ccccc2N1C(=O)c1cccc([N+](=O)[O-])c1C(=O)O. The van der Waals surface area contributed by atoms with Gasteiger partial charge in [0, 0.05) is 17.8 Å². The number of nitro benzene ring substituents is 1. The molecule has 1 aliphatic heterocycles. The van der Waals surface area contributed by atoms with Crippen LogP contribution >= 0.6 is 0 Å². The Morgan fingerprint density at radius 1 is 1.20 bits per heavy atom. The number of amides is 1. The number of hydrogen-bond acceptors (Lipinski definition) is 4. The van der Waals surface area contributed by atoms with Crippen LogP contribution in [0.5, 0.6) is 0 Å². The number of carbonyl (C=O) groups is 2. The minimum absolute atomic E-state index is 0.136. The van der Waals surface area contributed by atoms with E-state index in [1.807, 2.05) is 25.1 Å². The average molecular weight is 340 g/mol. The molecule has 1 heterocycles. The molecule has 0 aromatic heterocycles. The molecule has 0 saturated heterocycles. The maximum atomic E-state index is 13.1. The predicted molar refractivity (Wildman–Crippen MR) is 91.1 cm³/mol. The normalized spacial score (nSPS) is 16.2. The first-order chi connectivity index (χ1) is 11.9. The monoisotopic (exact) mass is 340 g/mol. The smallest absolute Gasteiger partial charge is 0.343 e. The summed E-state index contributed by atoms with van der Waals surface area (Å²) >= 11 is 0. The molecular weight excluding hydrogens is 324 g/mol. The van der Waals surface area contributed by atoms with Crippen molar-refractivity contribution in [2.45, 2.75) is 25.8 Å². The third-order valence-corrected chi connectivity index (χ3v) is 4.43. The van der Waals surface area contributed by atoms with Crippen LogP contribution in [-0.4, -0.2) is 27.9 Å². The maximum absolute atomic E-state index is 13.1. The van der Waals surface area contributed by atoms with Crippen molar-refractivity contribution in [3.8, 4) is 0 Å².